The Morgan fingerprint density at radius 2 is 2.00 bits per heavy atom. The maximum absolute atomic E-state index is 5.48. The summed E-state index contributed by atoms with van der Waals surface area (Å²) in [5.74, 6) is 1.69. The Balaban J connectivity index is 2.54. The largest absolute Gasteiger partial charge is 0.444 e. The molecule has 1 aromatic heterocycles. The van der Waals surface area contributed by atoms with Crippen LogP contribution in [-0.4, -0.2) is 10.5 Å². The Morgan fingerprint density at radius 1 is 1.36 bits per heavy atom. The van der Waals surface area contributed by atoms with Gasteiger partial charge in [-0.05, 0) is 34.1 Å². The normalized spacial score (nSPS) is 12.1. The minimum absolute atomic E-state index is 0.149. The number of rotatable bonds is 4. The van der Waals surface area contributed by atoms with Crippen LogP contribution >= 0.6 is 0 Å². The van der Waals surface area contributed by atoms with Gasteiger partial charge in [0.05, 0.1) is 12.2 Å². The highest BCUT2D eigenvalue weighted by molar-refractivity contribution is 5.05. The number of hydrogen-bond acceptors (Lipinski definition) is 3. The first kappa shape index (κ1) is 11.2. The van der Waals surface area contributed by atoms with Gasteiger partial charge in [-0.15, -0.1) is 0 Å². The molecule has 1 aromatic rings. The molecule has 0 radical (unpaired) electrons. The van der Waals surface area contributed by atoms with E-state index in [-0.39, 0.29) is 5.54 Å². The number of hydrogen-bond donors (Lipinski definition) is 1. The molecule has 14 heavy (non-hydrogen) atoms. The number of nitrogens with one attached hydrogen (secondary N) is 1. The number of aryl methyl sites for hydroxylation is 2. The summed E-state index contributed by atoms with van der Waals surface area (Å²) in [6, 6.07) is 0. The standard InChI is InChI=1S/C11H20N2O/c1-6-11(4,5)12-7-10-13-8(2)9(3)14-10/h12H,6-7H2,1-5H3. The Hall–Kier alpha value is -0.830. The van der Waals surface area contributed by atoms with Gasteiger partial charge in [-0.1, -0.05) is 6.92 Å². The van der Waals surface area contributed by atoms with Gasteiger partial charge < -0.3 is 9.73 Å². The molecule has 0 aromatic carbocycles. The fourth-order valence-corrected chi connectivity index (χ4v) is 1.05. The highest BCUT2D eigenvalue weighted by atomic mass is 16.4. The number of oxazole rings is 1. The van der Waals surface area contributed by atoms with E-state index in [0.29, 0.717) is 6.54 Å². The lowest BCUT2D eigenvalue weighted by molar-refractivity contribution is 0.343. The van der Waals surface area contributed by atoms with Gasteiger partial charge in [0, 0.05) is 5.54 Å². The molecule has 0 aliphatic carbocycles. The van der Waals surface area contributed by atoms with E-state index in [1.54, 1.807) is 0 Å². The van der Waals surface area contributed by atoms with Gasteiger partial charge in [0.15, 0.2) is 0 Å². The van der Waals surface area contributed by atoms with Crippen LogP contribution in [0.4, 0.5) is 0 Å². The van der Waals surface area contributed by atoms with Crippen molar-refractivity contribution in [3.8, 4) is 0 Å². The van der Waals surface area contributed by atoms with Crippen molar-refractivity contribution in [2.45, 2.75) is 53.1 Å². The molecule has 0 aliphatic heterocycles. The zero-order chi connectivity index (χ0) is 10.8. The fourth-order valence-electron chi connectivity index (χ4n) is 1.05. The first-order chi connectivity index (χ1) is 6.44. The third-order valence-corrected chi connectivity index (χ3v) is 2.67. The van der Waals surface area contributed by atoms with Gasteiger partial charge in [-0.2, -0.15) is 0 Å². The van der Waals surface area contributed by atoms with Crippen molar-refractivity contribution in [3.63, 3.8) is 0 Å². The van der Waals surface area contributed by atoms with Crippen LogP contribution in [0.5, 0.6) is 0 Å². The Kier molecular flexibility index (Phi) is 3.32. The Morgan fingerprint density at radius 3 is 2.43 bits per heavy atom. The zero-order valence-electron chi connectivity index (χ0n) is 9.77. The van der Waals surface area contributed by atoms with Crippen molar-refractivity contribution in [2.75, 3.05) is 0 Å². The lowest BCUT2D eigenvalue weighted by Crippen LogP contribution is -2.37. The minimum Gasteiger partial charge on any atom is -0.444 e. The quantitative estimate of drug-likeness (QED) is 0.804. The summed E-state index contributed by atoms with van der Waals surface area (Å²) in [6.07, 6.45) is 1.09. The number of nitrogens with zero attached hydrogens (tertiary/aromatic N) is 1. The van der Waals surface area contributed by atoms with Gasteiger partial charge in [0.2, 0.25) is 5.89 Å². The van der Waals surface area contributed by atoms with E-state index in [1.165, 1.54) is 0 Å². The summed E-state index contributed by atoms with van der Waals surface area (Å²) in [6.45, 7) is 11.1. The highest BCUT2D eigenvalue weighted by Crippen LogP contribution is 2.11. The van der Waals surface area contributed by atoms with E-state index >= 15 is 0 Å². The maximum atomic E-state index is 5.48. The monoisotopic (exact) mass is 196 g/mol. The first-order valence-electron chi connectivity index (χ1n) is 5.12. The molecule has 80 valence electrons. The van der Waals surface area contributed by atoms with E-state index in [0.717, 1.165) is 23.8 Å². The molecule has 0 fully saturated rings. The second kappa shape index (κ2) is 4.13. The lowest BCUT2D eigenvalue weighted by Gasteiger charge is -2.23. The third-order valence-electron chi connectivity index (χ3n) is 2.67. The SMILES string of the molecule is CCC(C)(C)NCc1nc(C)c(C)o1. The summed E-state index contributed by atoms with van der Waals surface area (Å²) in [7, 11) is 0. The van der Waals surface area contributed by atoms with Crippen LogP contribution in [0.25, 0.3) is 0 Å². The molecule has 0 bridgehead atoms. The van der Waals surface area contributed by atoms with E-state index in [2.05, 4.69) is 31.1 Å². The summed E-state index contributed by atoms with van der Waals surface area (Å²) in [5.41, 5.74) is 1.13. The first-order valence-corrected chi connectivity index (χ1v) is 5.12. The van der Waals surface area contributed by atoms with Crippen molar-refractivity contribution >= 4 is 0 Å². The number of aromatic nitrogens is 1. The Labute approximate surface area is 85.9 Å². The van der Waals surface area contributed by atoms with E-state index < -0.39 is 0 Å². The van der Waals surface area contributed by atoms with Crippen LogP contribution < -0.4 is 5.32 Å². The van der Waals surface area contributed by atoms with Crippen molar-refractivity contribution in [2.24, 2.45) is 0 Å². The maximum Gasteiger partial charge on any atom is 0.208 e. The van der Waals surface area contributed by atoms with Gasteiger partial charge in [0.25, 0.3) is 0 Å². The van der Waals surface area contributed by atoms with Crippen LogP contribution in [0.15, 0.2) is 4.42 Å². The Bertz CT molecular complexity index is 283. The predicted molar refractivity (Wildman–Crippen MR) is 57.2 cm³/mol. The summed E-state index contributed by atoms with van der Waals surface area (Å²) in [4.78, 5) is 4.32. The molecule has 0 saturated carbocycles. The summed E-state index contributed by atoms with van der Waals surface area (Å²) in [5, 5.41) is 3.41. The molecule has 3 nitrogen and oxygen atoms in total. The average molecular weight is 196 g/mol. The van der Waals surface area contributed by atoms with Gasteiger partial charge in [-0.25, -0.2) is 4.98 Å². The topological polar surface area (TPSA) is 38.1 Å². The van der Waals surface area contributed by atoms with Crippen molar-refractivity contribution in [1.29, 1.82) is 0 Å². The molecule has 1 heterocycles. The lowest BCUT2D eigenvalue weighted by atomic mass is 10.0. The van der Waals surface area contributed by atoms with Gasteiger partial charge in [0.1, 0.15) is 5.76 Å². The molecule has 0 spiro atoms. The van der Waals surface area contributed by atoms with Crippen LogP contribution in [0.2, 0.25) is 0 Å². The molecule has 3 heteroatoms. The third kappa shape index (κ3) is 2.84. The van der Waals surface area contributed by atoms with Crippen molar-refractivity contribution in [3.05, 3.63) is 17.3 Å². The molecule has 0 saturated heterocycles. The minimum atomic E-state index is 0.149. The molecule has 0 aliphatic rings. The molecule has 1 rings (SSSR count). The molecule has 0 amide bonds. The predicted octanol–water partition coefficient (Wildman–Crippen LogP) is 2.57. The van der Waals surface area contributed by atoms with Crippen molar-refractivity contribution in [1.82, 2.24) is 10.3 Å². The van der Waals surface area contributed by atoms with E-state index in [4.69, 9.17) is 4.42 Å². The molecular formula is C11H20N2O. The highest BCUT2D eigenvalue weighted by Gasteiger charge is 2.15. The van der Waals surface area contributed by atoms with Crippen LogP contribution in [0.1, 0.15) is 44.5 Å². The summed E-state index contributed by atoms with van der Waals surface area (Å²) < 4.78 is 5.48. The van der Waals surface area contributed by atoms with E-state index in [9.17, 15) is 0 Å². The van der Waals surface area contributed by atoms with Gasteiger partial charge in [-0.3, -0.25) is 0 Å². The molecular weight excluding hydrogens is 176 g/mol. The van der Waals surface area contributed by atoms with Crippen LogP contribution in [-0.2, 0) is 6.54 Å². The molecule has 0 unspecified atom stereocenters. The van der Waals surface area contributed by atoms with Crippen molar-refractivity contribution < 1.29 is 4.42 Å². The zero-order valence-corrected chi connectivity index (χ0v) is 9.77. The van der Waals surface area contributed by atoms with E-state index in [1.807, 2.05) is 13.8 Å². The second-order valence-electron chi connectivity index (χ2n) is 4.34. The smallest absolute Gasteiger partial charge is 0.208 e. The average Bonchev–Trinajstić information content (AvgIpc) is 2.44. The van der Waals surface area contributed by atoms with Gasteiger partial charge >= 0.3 is 0 Å². The van der Waals surface area contributed by atoms with Crippen LogP contribution in [0, 0.1) is 13.8 Å². The fraction of sp³-hybridized carbons (Fsp3) is 0.727. The molecule has 0 atom stereocenters. The second-order valence-corrected chi connectivity index (χ2v) is 4.34. The molecule has 1 N–H and O–H groups in total. The summed E-state index contributed by atoms with van der Waals surface area (Å²) >= 11 is 0. The van der Waals surface area contributed by atoms with Crippen LogP contribution in [0.3, 0.4) is 0 Å².